The van der Waals surface area contributed by atoms with Gasteiger partial charge < -0.3 is 0 Å². The van der Waals surface area contributed by atoms with E-state index in [0.29, 0.717) is 0 Å². The van der Waals surface area contributed by atoms with E-state index in [9.17, 15) is 0 Å². The van der Waals surface area contributed by atoms with Gasteiger partial charge in [-0.1, -0.05) is 0 Å². The summed E-state index contributed by atoms with van der Waals surface area (Å²) in [5.74, 6) is 0. The van der Waals surface area contributed by atoms with Crippen LogP contribution in [-0.4, -0.2) is 21.1 Å². The number of hydrogen-bond acceptors (Lipinski definition) is 1. The molecule has 0 saturated carbocycles. The fourth-order valence-corrected chi connectivity index (χ4v) is 3.81. The van der Waals surface area contributed by atoms with Crippen LogP contribution in [0.2, 0.25) is 0 Å². The summed E-state index contributed by atoms with van der Waals surface area (Å²) < 4.78 is 8.57. The van der Waals surface area contributed by atoms with Gasteiger partial charge in [0.25, 0.3) is 0 Å². The van der Waals surface area contributed by atoms with Gasteiger partial charge in [-0.3, -0.25) is 0 Å². The summed E-state index contributed by atoms with van der Waals surface area (Å²) in [7, 11) is 0. The van der Waals surface area contributed by atoms with E-state index in [0.717, 1.165) is 4.47 Å². The fraction of sp³-hybridized carbons (Fsp3) is 0.222. The second-order valence-electron chi connectivity index (χ2n) is 4.86. The molecule has 1 atom stereocenters. The van der Waals surface area contributed by atoms with Crippen molar-refractivity contribution < 1.29 is 4.74 Å². The monoisotopic (exact) mass is 332 g/mol. The Morgan fingerprint density at radius 3 is 2.05 bits per heavy atom. The van der Waals surface area contributed by atoms with Gasteiger partial charge in [0.1, 0.15) is 0 Å². The van der Waals surface area contributed by atoms with Crippen LogP contribution >= 0.6 is 0 Å². The zero-order chi connectivity index (χ0) is 14.4. The van der Waals surface area contributed by atoms with Crippen LogP contribution in [0.15, 0.2) is 71.7 Å². The van der Waals surface area contributed by atoms with Crippen LogP contribution in [0.3, 0.4) is 0 Å². The molecule has 0 spiro atoms. The average molecular weight is 331 g/mol. The van der Waals surface area contributed by atoms with E-state index in [1.165, 1.54) is 10.0 Å². The molecule has 20 heavy (non-hydrogen) atoms. The van der Waals surface area contributed by atoms with Crippen molar-refractivity contribution in [1.82, 2.24) is 0 Å². The SMILES string of the molecule is C=C([Se]c1ccccc1)C(OC(C)C)c1ccccc1. The van der Waals surface area contributed by atoms with Gasteiger partial charge in [0, 0.05) is 0 Å². The van der Waals surface area contributed by atoms with Crippen LogP contribution in [-0.2, 0) is 4.74 Å². The Morgan fingerprint density at radius 1 is 0.950 bits per heavy atom. The van der Waals surface area contributed by atoms with Crippen LogP contribution in [0.4, 0.5) is 0 Å². The summed E-state index contributed by atoms with van der Waals surface area (Å²) in [5.41, 5.74) is 1.18. The standard InChI is InChI=1S/C18H20OSe/c1-14(2)19-18(16-10-6-4-7-11-16)15(3)20-17-12-8-5-9-13-17/h4-14,18H,3H2,1-2H3. The Labute approximate surface area is 127 Å². The Balaban J connectivity index is 2.16. The number of rotatable bonds is 6. The van der Waals surface area contributed by atoms with Gasteiger partial charge in [-0.05, 0) is 0 Å². The molecule has 0 heterocycles. The first-order valence-corrected chi connectivity index (χ1v) is 8.50. The van der Waals surface area contributed by atoms with E-state index in [-0.39, 0.29) is 27.2 Å². The third-order valence-corrected chi connectivity index (χ3v) is 4.86. The molecular weight excluding hydrogens is 311 g/mol. The van der Waals surface area contributed by atoms with Gasteiger partial charge in [0.15, 0.2) is 0 Å². The van der Waals surface area contributed by atoms with Gasteiger partial charge >= 0.3 is 127 Å². The molecule has 2 aromatic rings. The summed E-state index contributed by atoms with van der Waals surface area (Å²) in [6.07, 6.45) is 0.167. The normalized spacial score (nSPS) is 12.3. The molecule has 2 rings (SSSR count). The third-order valence-electron chi connectivity index (χ3n) is 2.80. The molecule has 0 aliphatic heterocycles. The van der Waals surface area contributed by atoms with Crippen LogP contribution in [0.5, 0.6) is 0 Å². The van der Waals surface area contributed by atoms with Crippen LogP contribution in [0.1, 0.15) is 25.5 Å². The average Bonchev–Trinajstić information content (AvgIpc) is 2.46. The van der Waals surface area contributed by atoms with Crippen LogP contribution in [0.25, 0.3) is 0 Å². The summed E-state index contributed by atoms with van der Waals surface area (Å²) in [5, 5.41) is 0. The molecule has 0 radical (unpaired) electrons. The minimum atomic E-state index is -0.0172. The second kappa shape index (κ2) is 7.44. The Kier molecular flexibility index (Phi) is 5.60. The molecule has 0 aliphatic carbocycles. The molecule has 2 aromatic carbocycles. The van der Waals surface area contributed by atoms with Gasteiger partial charge in [0.2, 0.25) is 0 Å². The van der Waals surface area contributed by atoms with Gasteiger partial charge in [-0.25, -0.2) is 0 Å². The van der Waals surface area contributed by atoms with Crippen molar-refractivity contribution in [2.75, 3.05) is 0 Å². The van der Waals surface area contributed by atoms with Crippen molar-refractivity contribution in [2.24, 2.45) is 0 Å². The van der Waals surface area contributed by atoms with Crippen LogP contribution < -0.4 is 4.46 Å². The fourth-order valence-electron chi connectivity index (χ4n) is 1.93. The summed E-state index contributed by atoms with van der Waals surface area (Å²) >= 11 is 0.219. The van der Waals surface area contributed by atoms with Gasteiger partial charge in [-0.2, -0.15) is 0 Å². The second-order valence-corrected chi connectivity index (χ2v) is 7.37. The molecule has 1 unspecified atom stereocenters. The van der Waals surface area contributed by atoms with Crippen molar-refractivity contribution in [3.63, 3.8) is 0 Å². The Bertz CT molecular complexity index is 534. The predicted molar refractivity (Wildman–Crippen MR) is 86.4 cm³/mol. The number of benzene rings is 2. The first kappa shape index (κ1) is 15.1. The topological polar surface area (TPSA) is 9.23 Å². The van der Waals surface area contributed by atoms with Crippen molar-refractivity contribution in [3.8, 4) is 0 Å². The summed E-state index contributed by atoms with van der Waals surface area (Å²) in [4.78, 5) is 0. The van der Waals surface area contributed by atoms with E-state index in [1.807, 2.05) is 12.1 Å². The van der Waals surface area contributed by atoms with Crippen molar-refractivity contribution in [3.05, 3.63) is 77.3 Å². The zero-order valence-electron chi connectivity index (χ0n) is 12.0. The third kappa shape index (κ3) is 4.35. The molecular formula is C18H20OSe. The molecule has 1 nitrogen and oxygen atoms in total. The van der Waals surface area contributed by atoms with Crippen molar-refractivity contribution >= 4 is 19.4 Å². The quantitative estimate of drug-likeness (QED) is 0.734. The molecule has 0 N–H and O–H groups in total. The van der Waals surface area contributed by atoms with E-state index >= 15 is 0 Å². The number of hydrogen-bond donors (Lipinski definition) is 0. The Morgan fingerprint density at radius 2 is 1.50 bits per heavy atom. The zero-order valence-corrected chi connectivity index (χ0v) is 13.7. The molecule has 0 amide bonds. The van der Waals surface area contributed by atoms with E-state index in [4.69, 9.17) is 4.74 Å². The van der Waals surface area contributed by atoms with E-state index in [2.05, 4.69) is 69.0 Å². The minimum absolute atomic E-state index is 0.0172. The number of ether oxygens (including phenoxy) is 1. The molecule has 0 aromatic heterocycles. The molecule has 0 saturated heterocycles. The molecule has 0 bridgehead atoms. The van der Waals surface area contributed by atoms with Crippen molar-refractivity contribution in [1.29, 1.82) is 0 Å². The van der Waals surface area contributed by atoms with Crippen molar-refractivity contribution in [2.45, 2.75) is 26.1 Å². The molecule has 0 aliphatic rings. The van der Waals surface area contributed by atoms with E-state index in [1.54, 1.807) is 0 Å². The predicted octanol–water partition coefficient (Wildman–Crippen LogP) is 3.70. The maximum atomic E-state index is 6.09. The molecule has 104 valence electrons. The first-order valence-electron chi connectivity index (χ1n) is 6.79. The molecule has 0 fully saturated rings. The first-order chi connectivity index (χ1) is 9.66. The Hall–Kier alpha value is -1.34. The maximum absolute atomic E-state index is 6.09. The van der Waals surface area contributed by atoms with Crippen LogP contribution in [0, 0.1) is 0 Å². The summed E-state index contributed by atoms with van der Waals surface area (Å²) in [6.45, 7) is 8.42. The van der Waals surface area contributed by atoms with Gasteiger partial charge in [0.05, 0.1) is 0 Å². The summed E-state index contributed by atoms with van der Waals surface area (Å²) in [6, 6.07) is 20.9. The van der Waals surface area contributed by atoms with Gasteiger partial charge in [-0.15, -0.1) is 0 Å². The van der Waals surface area contributed by atoms with E-state index < -0.39 is 0 Å². The molecule has 2 heteroatoms.